The van der Waals surface area contributed by atoms with Crippen molar-refractivity contribution in [1.82, 2.24) is 26.2 Å². The highest BCUT2D eigenvalue weighted by atomic mass is 32.3. The Bertz CT molecular complexity index is 1520. The van der Waals surface area contributed by atoms with E-state index in [2.05, 4.69) is 21.3 Å². The van der Waals surface area contributed by atoms with Crippen LogP contribution in [0.25, 0.3) is 0 Å². The molecule has 14 heteroatoms. The molecule has 2 aromatic rings. The number of amides is 4. The lowest BCUT2D eigenvalue weighted by Crippen LogP contribution is -2.61. The van der Waals surface area contributed by atoms with Gasteiger partial charge in [0.1, 0.15) is 17.8 Å². The summed E-state index contributed by atoms with van der Waals surface area (Å²) in [5.74, 6) is -2.23. The molecular formula is C30H38FN5O7S. The van der Waals surface area contributed by atoms with Crippen LogP contribution in [0.4, 0.5) is 3.89 Å². The second-order valence-electron chi connectivity index (χ2n) is 10.9. The first kappa shape index (κ1) is 32.9. The minimum Gasteiger partial charge on any atom is -0.496 e. The SMILES string of the molecule is CN[C@@H](C)C(=O)N[C@@H](CNC(=O)c1cc(S(=O)(=O)F)ccc1OC)C(=O)N1CCCC[C@H]1C(=O)N[C@@H]1CCc2ccccc21. The second-order valence-corrected chi connectivity index (χ2v) is 12.3. The summed E-state index contributed by atoms with van der Waals surface area (Å²) in [4.78, 5) is 54.2. The predicted molar refractivity (Wildman–Crippen MR) is 159 cm³/mol. The number of benzene rings is 2. The van der Waals surface area contributed by atoms with Crippen LogP contribution >= 0.6 is 0 Å². The van der Waals surface area contributed by atoms with Crippen LogP contribution in [0.15, 0.2) is 47.4 Å². The molecule has 1 saturated heterocycles. The van der Waals surface area contributed by atoms with Crippen molar-refractivity contribution in [2.24, 2.45) is 0 Å². The van der Waals surface area contributed by atoms with Crippen LogP contribution in [0, 0.1) is 0 Å². The van der Waals surface area contributed by atoms with Crippen molar-refractivity contribution in [3.05, 3.63) is 59.2 Å². The molecule has 238 valence electrons. The molecular weight excluding hydrogens is 593 g/mol. The molecule has 4 N–H and O–H groups in total. The fourth-order valence-corrected chi connectivity index (χ4v) is 6.07. The summed E-state index contributed by atoms with van der Waals surface area (Å²) in [5.41, 5.74) is 1.96. The number of rotatable bonds is 11. The normalized spacial score (nSPS) is 19.3. The molecule has 0 unspecified atom stereocenters. The molecule has 1 heterocycles. The number of hydrogen-bond acceptors (Lipinski definition) is 8. The Morgan fingerprint density at radius 2 is 1.84 bits per heavy atom. The Hall–Kier alpha value is -4.04. The number of ether oxygens (including phenoxy) is 1. The minimum absolute atomic E-state index is 0.0214. The molecule has 1 aliphatic heterocycles. The third-order valence-corrected chi connectivity index (χ3v) is 8.96. The number of carbonyl (C=O) groups excluding carboxylic acids is 4. The van der Waals surface area contributed by atoms with Gasteiger partial charge in [0.15, 0.2) is 0 Å². The molecule has 0 aromatic heterocycles. The fourth-order valence-electron chi connectivity index (χ4n) is 5.58. The van der Waals surface area contributed by atoms with Crippen LogP contribution in [0.5, 0.6) is 5.75 Å². The lowest BCUT2D eigenvalue weighted by molar-refractivity contribution is -0.145. The van der Waals surface area contributed by atoms with Crippen molar-refractivity contribution >= 4 is 33.9 Å². The van der Waals surface area contributed by atoms with E-state index in [4.69, 9.17) is 4.74 Å². The van der Waals surface area contributed by atoms with Gasteiger partial charge in [0.2, 0.25) is 17.7 Å². The smallest absolute Gasteiger partial charge is 0.332 e. The van der Waals surface area contributed by atoms with Gasteiger partial charge in [-0.1, -0.05) is 24.3 Å². The van der Waals surface area contributed by atoms with E-state index in [1.165, 1.54) is 17.6 Å². The van der Waals surface area contributed by atoms with Gasteiger partial charge < -0.3 is 30.9 Å². The fraction of sp³-hybridized carbons (Fsp3) is 0.467. The molecule has 4 amide bonds. The van der Waals surface area contributed by atoms with E-state index in [0.717, 1.165) is 43.0 Å². The van der Waals surface area contributed by atoms with Crippen LogP contribution in [-0.4, -0.2) is 82.3 Å². The zero-order valence-electron chi connectivity index (χ0n) is 24.9. The lowest BCUT2D eigenvalue weighted by Gasteiger charge is -2.37. The van der Waals surface area contributed by atoms with Crippen molar-refractivity contribution in [1.29, 1.82) is 0 Å². The number of likely N-dealkylation sites (tertiary alicyclic amines) is 1. The highest BCUT2D eigenvalue weighted by molar-refractivity contribution is 7.86. The number of likely N-dealkylation sites (N-methyl/N-ethyl adjacent to an activating group) is 1. The maximum absolute atomic E-state index is 14.0. The first-order chi connectivity index (χ1) is 20.9. The zero-order chi connectivity index (χ0) is 32.0. The monoisotopic (exact) mass is 631 g/mol. The van der Waals surface area contributed by atoms with Crippen LogP contribution in [0.1, 0.15) is 60.1 Å². The number of carbonyl (C=O) groups is 4. The number of nitrogens with zero attached hydrogens (tertiary/aromatic N) is 1. The van der Waals surface area contributed by atoms with E-state index in [9.17, 15) is 31.5 Å². The van der Waals surface area contributed by atoms with Gasteiger partial charge in [-0.25, -0.2) is 0 Å². The van der Waals surface area contributed by atoms with Crippen LogP contribution in [-0.2, 0) is 31.0 Å². The Morgan fingerprint density at radius 1 is 1.09 bits per heavy atom. The summed E-state index contributed by atoms with van der Waals surface area (Å²) in [7, 11) is -2.28. The molecule has 4 rings (SSSR count). The maximum Gasteiger partial charge on any atom is 0.332 e. The second kappa shape index (κ2) is 14.2. The summed E-state index contributed by atoms with van der Waals surface area (Å²) in [6, 6.07) is 7.97. The molecule has 1 fully saturated rings. The van der Waals surface area contributed by atoms with Crippen molar-refractivity contribution in [3.63, 3.8) is 0 Å². The summed E-state index contributed by atoms with van der Waals surface area (Å²) in [6.45, 7) is 1.49. The molecule has 0 bridgehead atoms. The molecule has 44 heavy (non-hydrogen) atoms. The Morgan fingerprint density at radius 3 is 2.55 bits per heavy atom. The highest BCUT2D eigenvalue weighted by Crippen LogP contribution is 2.31. The quantitative estimate of drug-likeness (QED) is 0.270. The van der Waals surface area contributed by atoms with Crippen LogP contribution in [0.2, 0.25) is 0 Å². The zero-order valence-corrected chi connectivity index (χ0v) is 25.7. The van der Waals surface area contributed by atoms with E-state index < -0.39 is 57.5 Å². The van der Waals surface area contributed by atoms with Gasteiger partial charge in [-0.15, -0.1) is 3.89 Å². The maximum atomic E-state index is 14.0. The largest absolute Gasteiger partial charge is 0.496 e. The molecule has 1 aliphatic carbocycles. The number of methoxy groups -OCH3 is 1. The average Bonchev–Trinajstić information content (AvgIpc) is 3.43. The van der Waals surface area contributed by atoms with Gasteiger partial charge in [-0.2, -0.15) is 8.42 Å². The standard InChI is InChI=1S/C30H38FN5O7S/c1-18(32-2)27(37)35-24(17-33-28(38)22-16-20(44(31,41)42)12-14-26(22)43-3)30(40)36-15-7-6-10-25(36)29(39)34-23-13-11-19-8-4-5-9-21(19)23/h4-5,8-9,12,14,16,18,23-25,32H,6-7,10-11,13,15,17H2,1-3H3,(H,33,38)(H,34,39)(H,35,37)/t18-,23+,24-,25-/m0/s1. The summed E-state index contributed by atoms with van der Waals surface area (Å²) < 4.78 is 41.6. The molecule has 0 saturated carbocycles. The van der Waals surface area contributed by atoms with E-state index in [-0.39, 0.29) is 29.8 Å². The van der Waals surface area contributed by atoms with Gasteiger partial charge in [-0.3, -0.25) is 19.2 Å². The van der Waals surface area contributed by atoms with Crippen molar-refractivity contribution in [2.75, 3.05) is 27.2 Å². The molecule has 2 aliphatic rings. The topological polar surface area (TPSA) is 163 Å². The first-order valence-electron chi connectivity index (χ1n) is 14.5. The molecule has 12 nitrogen and oxygen atoms in total. The first-order valence-corrected chi connectivity index (χ1v) is 15.9. The molecule has 4 atom stereocenters. The Labute approximate surface area is 256 Å². The molecule has 0 radical (unpaired) electrons. The highest BCUT2D eigenvalue weighted by Gasteiger charge is 2.38. The number of nitrogens with one attached hydrogen (secondary N) is 4. The summed E-state index contributed by atoms with van der Waals surface area (Å²) >= 11 is 0. The van der Waals surface area contributed by atoms with Gasteiger partial charge in [0, 0.05) is 13.1 Å². The lowest BCUT2D eigenvalue weighted by atomic mass is 9.99. The van der Waals surface area contributed by atoms with Gasteiger partial charge >= 0.3 is 10.2 Å². The predicted octanol–water partition coefficient (Wildman–Crippen LogP) is 1.36. The van der Waals surface area contributed by atoms with Crippen molar-refractivity contribution in [3.8, 4) is 5.75 Å². The van der Waals surface area contributed by atoms with Crippen molar-refractivity contribution in [2.45, 2.75) is 68.1 Å². The van der Waals surface area contributed by atoms with Crippen molar-refractivity contribution < 1.29 is 36.2 Å². The Balaban J connectivity index is 1.54. The molecule has 0 spiro atoms. The Kier molecular flexibility index (Phi) is 10.6. The van der Waals surface area contributed by atoms with Crippen LogP contribution in [0.3, 0.4) is 0 Å². The number of fused-ring (bicyclic) bond motifs is 1. The van der Waals surface area contributed by atoms with E-state index >= 15 is 0 Å². The average molecular weight is 632 g/mol. The summed E-state index contributed by atoms with van der Waals surface area (Å²) in [5, 5.41) is 11.1. The van der Waals surface area contributed by atoms with Gasteiger partial charge in [-0.05, 0) is 75.4 Å². The third kappa shape index (κ3) is 7.53. The van der Waals surface area contributed by atoms with E-state index in [1.54, 1.807) is 14.0 Å². The number of piperidine rings is 1. The molecule has 2 aromatic carbocycles. The minimum atomic E-state index is -5.11. The van der Waals surface area contributed by atoms with Crippen LogP contribution < -0.4 is 26.0 Å². The number of halogens is 1. The number of aryl methyl sites for hydroxylation is 1. The number of hydrogen-bond donors (Lipinski definition) is 4. The van der Waals surface area contributed by atoms with Gasteiger partial charge in [0.05, 0.1) is 29.7 Å². The van der Waals surface area contributed by atoms with E-state index in [1.807, 2.05) is 24.3 Å². The van der Waals surface area contributed by atoms with Gasteiger partial charge in [0.25, 0.3) is 5.91 Å². The summed E-state index contributed by atoms with van der Waals surface area (Å²) in [6.07, 6.45) is 3.43. The van der Waals surface area contributed by atoms with E-state index in [0.29, 0.717) is 12.8 Å². The third-order valence-electron chi connectivity index (χ3n) is 8.14.